The van der Waals surface area contributed by atoms with Crippen molar-refractivity contribution in [3.63, 3.8) is 0 Å². The number of carbonyl (C=O) groups excluding carboxylic acids is 2. The number of esters is 1. The highest BCUT2D eigenvalue weighted by atomic mass is 79.9. The van der Waals surface area contributed by atoms with Gasteiger partial charge in [-0.25, -0.2) is 9.59 Å². The zero-order valence-electron chi connectivity index (χ0n) is 14.5. The molecule has 1 heterocycles. The zero-order chi connectivity index (χ0) is 17.9. The Morgan fingerprint density at radius 1 is 1.12 bits per heavy atom. The van der Waals surface area contributed by atoms with Gasteiger partial charge in [-0.2, -0.15) is 0 Å². The Balaban J connectivity index is 2.02. The number of anilines is 1. The van der Waals surface area contributed by atoms with Crippen LogP contribution >= 0.6 is 15.9 Å². The van der Waals surface area contributed by atoms with E-state index in [1.54, 1.807) is 11.0 Å². The number of halogens is 1. The predicted octanol–water partition coefficient (Wildman–Crippen LogP) is 3.29. The normalized spacial score (nSPS) is 15.2. The van der Waals surface area contributed by atoms with Crippen LogP contribution in [0.3, 0.4) is 0 Å². The summed E-state index contributed by atoms with van der Waals surface area (Å²) in [6.45, 7) is 8.10. The molecule has 1 aromatic carbocycles. The number of hydrogen-bond donors (Lipinski definition) is 0. The van der Waals surface area contributed by atoms with Gasteiger partial charge in [0, 0.05) is 36.3 Å². The number of carbonyl (C=O) groups is 2. The van der Waals surface area contributed by atoms with E-state index in [1.807, 2.05) is 32.9 Å². The zero-order valence-corrected chi connectivity index (χ0v) is 16.1. The van der Waals surface area contributed by atoms with Crippen LogP contribution < -0.4 is 4.90 Å². The quantitative estimate of drug-likeness (QED) is 0.715. The van der Waals surface area contributed by atoms with E-state index >= 15 is 0 Å². The lowest BCUT2D eigenvalue weighted by molar-refractivity contribution is 0.0240. The summed E-state index contributed by atoms with van der Waals surface area (Å²) in [5, 5.41) is 0. The summed E-state index contributed by atoms with van der Waals surface area (Å²) in [5.41, 5.74) is 0.932. The van der Waals surface area contributed by atoms with Crippen molar-refractivity contribution < 1.29 is 19.1 Å². The molecule has 1 aromatic rings. The molecule has 0 N–H and O–H groups in total. The average molecular weight is 399 g/mol. The maximum Gasteiger partial charge on any atom is 0.410 e. The molecule has 0 saturated carbocycles. The molecule has 0 bridgehead atoms. The Morgan fingerprint density at radius 3 is 2.29 bits per heavy atom. The molecule has 24 heavy (non-hydrogen) atoms. The highest BCUT2D eigenvalue weighted by Crippen LogP contribution is 2.25. The standard InChI is InChI=1S/C17H23BrN2O4/c1-17(2,3)24-16(22)20-9-7-19(8-10-20)12-5-6-14(18)13(11-12)15(21)23-4/h5-6,11H,7-10H2,1-4H3. The summed E-state index contributed by atoms with van der Waals surface area (Å²) in [4.78, 5) is 27.8. The highest BCUT2D eigenvalue weighted by Gasteiger charge is 2.26. The third kappa shape index (κ3) is 4.63. The van der Waals surface area contributed by atoms with Crippen LogP contribution in [-0.2, 0) is 9.47 Å². The lowest BCUT2D eigenvalue weighted by Gasteiger charge is -2.36. The summed E-state index contributed by atoms with van der Waals surface area (Å²) in [6.07, 6.45) is -0.284. The van der Waals surface area contributed by atoms with Gasteiger partial charge in [0.05, 0.1) is 12.7 Å². The molecular weight excluding hydrogens is 376 g/mol. The van der Waals surface area contributed by atoms with Crippen molar-refractivity contribution in [2.45, 2.75) is 26.4 Å². The minimum atomic E-state index is -0.491. The first-order valence-corrected chi connectivity index (χ1v) is 8.61. The van der Waals surface area contributed by atoms with Gasteiger partial charge < -0.3 is 19.3 Å². The molecule has 1 aliphatic rings. The first-order valence-electron chi connectivity index (χ1n) is 7.82. The van der Waals surface area contributed by atoms with Gasteiger partial charge in [0.1, 0.15) is 5.60 Å². The SMILES string of the molecule is COC(=O)c1cc(N2CCN(C(=O)OC(C)(C)C)CC2)ccc1Br. The molecule has 2 rings (SSSR count). The van der Waals surface area contributed by atoms with Crippen LogP contribution in [0.25, 0.3) is 0 Å². The monoisotopic (exact) mass is 398 g/mol. The van der Waals surface area contributed by atoms with E-state index in [4.69, 9.17) is 9.47 Å². The summed E-state index contributed by atoms with van der Waals surface area (Å²) in [6, 6.07) is 5.58. The summed E-state index contributed by atoms with van der Waals surface area (Å²) in [5.74, 6) is -0.379. The average Bonchev–Trinajstić information content (AvgIpc) is 2.53. The Labute approximate surface area is 150 Å². The fourth-order valence-electron chi connectivity index (χ4n) is 2.45. The van der Waals surface area contributed by atoms with E-state index in [0.717, 1.165) is 5.69 Å². The molecule has 132 valence electrons. The van der Waals surface area contributed by atoms with Crippen LogP contribution in [0.15, 0.2) is 22.7 Å². The number of ether oxygens (including phenoxy) is 2. The van der Waals surface area contributed by atoms with Crippen molar-refractivity contribution in [2.24, 2.45) is 0 Å². The van der Waals surface area contributed by atoms with Crippen molar-refractivity contribution in [1.82, 2.24) is 4.90 Å². The molecule has 0 spiro atoms. The fourth-order valence-corrected chi connectivity index (χ4v) is 2.86. The maximum absolute atomic E-state index is 12.1. The molecule has 7 heteroatoms. The maximum atomic E-state index is 12.1. The second-order valence-electron chi connectivity index (χ2n) is 6.61. The molecule has 6 nitrogen and oxygen atoms in total. The number of methoxy groups -OCH3 is 1. The van der Waals surface area contributed by atoms with Crippen LogP contribution in [-0.4, -0.2) is 55.9 Å². The highest BCUT2D eigenvalue weighted by molar-refractivity contribution is 9.10. The van der Waals surface area contributed by atoms with Gasteiger partial charge in [-0.15, -0.1) is 0 Å². The first-order chi connectivity index (χ1) is 11.2. The van der Waals surface area contributed by atoms with E-state index in [2.05, 4.69) is 20.8 Å². The van der Waals surface area contributed by atoms with Crippen LogP contribution in [0.5, 0.6) is 0 Å². The first kappa shape index (κ1) is 18.6. The number of amides is 1. The number of rotatable bonds is 2. The number of benzene rings is 1. The minimum absolute atomic E-state index is 0.284. The molecule has 1 saturated heterocycles. The van der Waals surface area contributed by atoms with Gasteiger partial charge in [-0.3, -0.25) is 0 Å². The predicted molar refractivity (Wildman–Crippen MR) is 95.5 cm³/mol. The Morgan fingerprint density at radius 2 is 1.75 bits per heavy atom. The largest absolute Gasteiger partial charge is 0.465 e. The topological polar surface area (TPSA) is 59.1 Å². The second-order valence-corrected chi connectivity index (χ2v) is 7.46. The summed E-state index contributed by atoms with van der Waals surface area (Å²) < 4.78 is 10.9. The van der Waals surface area contributed by atoms with E-state index < -0.39 is 5.60 Å². The Bertz CT molecular complexity index is 620. The molecular formula is C17H23BrN2O4. The molecule has 0 unspecified atom stereocenters. The minimum Gasteiger partial charge on any atom is -0.465 e. The molecule has 0 aliphatic carbocycles. The number of hydrogen-bond acceptors (Lipinski definition) is 5. The summed E-state index contributed by atoms with van der Waals surface area (Å²) in [7, 11) is 1.36. The molecule has 1 fully saturated rings. The lowest BCUT2D eigenvalue weighted by Crippen LogP contribution is -2.50. The van der Waals surface area contributed by atoms with E-state index in [-0.39, 0.29) is 12.1 Å². The van der Waals surface area contributed by atoms with Gasteiger partial charge >= 0.3 is 12.1 Å². The van der Waals surface area contributed by atoms with Gasteiger partial charge in [0.2, 0.25) is 0 Å². The van der Waals surface area contributed by atoms with E-state index in [9.17, 15) is 9.59 Å². The smallest absolute Gasteiger partial charge is 0.410 e. The number of nitrogens with zero attached hydrogens (tertiary/aromatic N) is 2. The molecule has 0 atom stereocenters. The molecule has 1 aliphatic heterocycles. The van der Waals surface area contributed by atoms with Crippen LogP contribution in [0.4, 0.5) is 10.5 Å². The third-order valence-electron chi connectivity index (χ3n) is 3.65. The van der Waals surface area contributed by atoms with Crippen molar-refractivity contribution in [2.75, 3.05) is 38.2 Å². The Hall–Kier alpha value is -1.76. The van der Waals surface area contributed by atoms with Crippen molar-refractivity contribution in [3.05, 3.63) is 28.2 Å². The van der Waals surface area contributed by atoms with Gasteiger partial charge in [-0.05, 0) is 54.9 Å². The van der Waals surface area contributed by atoms with Gasteiger partial charge in [0.15, 0.2) is 0 Å². The van der Waals surface area contributed by atoms with Crippen LogP contribution in [0.2, 0.25) is 0 Å². The lowest BCUT2D eigenvalue weighted by atomic mass is 10.1. The second kappa shape index (κ2) is 7.42. The molecule has 0 radical (unpaired) electrons. The van der Waals surface area contributed by atoms with E-state index in [1.165, 1.54) is 7.11 Å². The van der Waals surface area contributed by atoms with E-state index in [0.29, 0.717) is 36.2 Å². The van der Waals surface area contributed by atoms with Crippen molar-refractivity contribution in [1.29, 1.82) is 0 Å². The summed E-state index contributed by atoms with van der Waals surface area (Å²) >= 11 is 3.36. The Kier molecular flexibility index (Phi) is 5.74. The third-order valence-corrected chi connectivity index (χ3v) is 4.34. The van der Waals surface area contributed by atoms with Crippen molar-refractivity contribution >= 4 is 33.7 Å². The molecule has 1 amide bonds. The fraction of sp³-hybridized carbons (Fsp3) is 0.529. The molecule has 0 aromatic heterocycles. The van der Waals surface area contributed by atoms with Crippen LogP contribution in [0, 0.1) is 0 Å². The van der Waals surface area contributed by atoms with Gasteiger partial charge in [-0.1, -0.05) is 0 Å². The van der Waals surface area contributed by atoms with Gasteiger partial charge in [0.25, 0.3) is 0 Å². The number of piperazine rings is 1. The van der Waals surface area contributed by atoms with Crippen molar-refractivity contribution in [3.8, 4) is 0 Å². The van der Waals surface area contributed by atoms with Crippen LogP contribution in [0.1, 0.15) is 31.1 Å².